The summed E-state index contributed by atoms with van der Waals surface area (Å²) >= 11 is 5.57. The molecule has 0 spiro atoms. The highest BCUT2D eigenvalue weighted by atomic mass is 35.5. The molecule has 1 amide bonds. The number of benzene rings is 2. The van der Waals surface area contributed by atoms with Gasteiger partial charge in [-0.1, -0.05) is 29.8 Å². The second-order valence-corrected chi connectivity index (χ2v) is 6.51. The predicted molar refractivity (Wildman–Crippen MR) is 89.1 cm³/mol. The number of amides is 1. The summed E-state index contributed by atoms with van der Waals surface area (Å²) in [4.78, 5) is 24.7. The molecular weight excluding hydrogens is 371 g/mol. The van der Waals surface area contributed by atoms with E-state index in [1.807, 2.05) is 0 Å². The molecule has 1 aliphatic rings. The zero-order valence-corrected chi connectivity index (χ0v) is 14.2. The van der Waals surface area contributed by atoms with Gasteiger partial charge in [0.1, 0.15) is 0 Å². The lowest BCUT2D eigenvalue weighted by atomic mass is 9.89. The molecule has 2 aromatic carbocycles. The van der Waals surface area contributed by atoms with Crippen molar-refractivity contribution in [2.75, 3.05) is 5.32 Å². The Kier molecular flexibility index (Phi) is 4.44. The van der Waals surface area contributed by atoms with E-state index < -0.39 is 34.2 Å². The van der Waals surface area contributed by atoms with Crippen molar-refractivity contribution in [3.63, 3.8) is 0 Å². The first-order valence-electron chi connectivity index (χ1n) is 7.59. The molecule has 0 aliphatic carbocycles. The number of anilines is 1. The molecule has 0 saturated heterocycles. The lowest BCUT2D eigenvalue weighted by Gasteiger charge is -2.33. The summed E-state index contributed by atoms with van der Waals surface area (Å²) in [6.45, 7) is 1.41. The van der Waals surface area contributed by atoms with Gasteiger partial charge in [-0.3, -0.25) is 4.79 Å². The fourth-order valence-corrected chi connectivity index (χ4v) is 2.97. The van der Waals surface area contributed by atoms with Crippen molar-refractivity contribution < 1.29 is 27.5 Å². The topological polar surface area (TPSA) is 55.4 Å². The van der Waals surface area contributed by atoms with E-state index in [-0.39, 0.29) is 12.1 Å². The Morgan fingerprint density at radius 2 is 1.92 bits per heavy atom. The Morgan fingerprint density at radius 1 is 1.23 bits per heavy atom. The zero-order chi connectivity index (χ0) is 19.1. The van der Waals surface area contributed by atoms with E-state index in [0.717, 1.165) is 12.1 Å². The van der Waals surface area contributed by atoms with Crippen LogP contribution in [0.3, 0.4) is 0 Å². The van der Waals surface area contributed by atoms with Crippen LogP contribution < -0.4 is 5.32 Å². The molecule has 8 heteroatoms. The molecule has 26 heavy (non-hydrogen) atoms. The second kappa shape index (κ2) is 6.32. The molecule has 1 aliphatic heterocycles. The summed E-state index contributed by atoms with van der Waals surface area (Å²) in [7, 11) is 0. The van der Waals surface area contributed by atoms with E-state index in [0.29, 0.717) is 11.1 Å². The highest BCUT2D eigenvalue weighted by Crippen LogP contribution is 2.36. The third kappa shape index (κ3) is 3.39. The van der Waals surface area contributed by atoms with Gasteiger partial charge in [-0.15, -0.1) is 0 Å². The van der Waals surface area contributed by atoms with Crippen LogP contribution in [0.5, 0.6) is 0 Å². The van der Waals surface area contributed by atoms with E-state index in [1.54, 1.807) is 24.3 Å². The Balaban J connectivity index is 1.86. The molecule has 1 atom stereocenters. The van der Waals surface area contributed by atoms with Crippen LogP contribution in [-0.4, -0.2) is 17.5 Å². The van der Waals surface area contributed by atoms with Gasteiger partial charge in [0.15, 0.2) is 5.60 Å². The van der Waals surface area contributed by atoms with Crippen molar-refractivity contribution in [1.82, 2.24) is 0 Å². The molecule has 0 unspecified atom stereocenters. The van der Waals surface area contributed by atoms with Crippen molar-refractivity contribution in [3.8, 4) is 0 Å². The van der Waals surface area contributed by atoms with Gasteiger partial charge in [-0.25, -0.2) is 4.79 Å². The second-order valence-electron chi connectivity index (χ2n) is 6.10. The minimum absolute atomic E-state index is 0.0946. The number of carbonyl (C=O) groups excluding carboxylic acids is 2. The quantitative estimate of drug-likeness (QED) is 0.778. The number of cyclic esters (lactones) is 1. The van der Waals surface area contributed by atoms with Crippen LogP contribution in [0.4, 0.5) is 18.9 Å². The van der Waals surface area contributed by atoms with Crippen molar-refractivity contribution in [1.29, 1.82) is 0 Å². The molecule has 0 fully saturated rings. The summed E-state index contributed by atoms with van der Waals surface area (Å²) in [5.41, 5.74) is -1.70. The van der Waals surface area contributed by atoms with Crippen molar-refractivity contribution in [3.05, 3.63) is 64.2 Å². The highest BCUT2D eigenvalue weighted by Gasteiger charge is 2.43. The van der Waals surface area contributed by atoms with Gasteiger partial charge in [-0.05, 0) is 36.8 Å². The first-order chi connectivity index (χ1) is 12.1. The number of rotatable bonds is 2. The van der Waals surface area contributed by atoms with E-state index >= 15 is 0 Å². The summed E-state index contributed by atoms with van der Waals surface area (Å²) in [5.74, 6) is -1.38. The van der Waals surface area contributed by atoms with Gasteiger partial charge in [0.2, 0.25) is 0 Å². The van der Waals surface area contributed by atoms with E-state index in [4.69, 9.17) is 16.3 Å². The maximum atomic E-state index is 12.9. The Bertz CT molecular complexity index is 897. The van der Waals surface area contributed by atoms with Gasteiger partial charge in [0.25, 0.3) is 5.91 Å². The lowest BCUT2D eigenvalue weighted by molar-refractivity contribution is -0.137. The summed E-state index contributed by atoms with van der Waals surface area (Å²) < 4.78 is 44.1. The van der Waals surface area contributed by atoms with Crippen LogP contribution in [-0.2, 0) is 22.1 Å². The Hall–Kier alpha value is -2.54. The third-order valence-electron chi connectivity index (χ3n) is 4.09. The van der Waals surface area contributed by atoms with Gasteiger partial charge in [0.05, 0.1) is 16.1 Å². The third-order valence-corrected chi connectivity index (χ3v) is 4.42. The fourth-order valence-electron chi connectivity index (χ4n) is 2.74. The smallest absolute Gasteiger partial charge is 0.417 e. The molecule has 1 N–H and O–H groups in total. The van der Waals surface area contributed by atoms with Gasteiger partial charge in [-0.2, -0.15) is 13.2 Å². The molecule has 136 valence electrons. The standard InChI is InChI=1S/C18H13ClF3NO3/c1-17(9-10-4-2-3-5-12(10)15(24)26-17)16(25)23-11-6-7-14(19)13(8-11)18(20,21)22/h2-8H,9H2,1H3,(H,23,25)/t17-/m0/s1. The number of hydrogen-bond donors (Lipinski definition) is 1. The molecular formula is C18H13ClF3NO3. The van der Waals surface area contributed by atoms with Crippen LogP contribution in [0.25, 0.3) is 0 Å². The van der Waals surface area contributed by atoms with Crippen LogP contribution in [0, 0.1) is 0 Å². The predicted octanol–water partition coefficient (Wildman–Crippen LogP) is 4.47. The molecule has 0 radical (unpaired) electrons. The zero-order valence-electron chi connectivity index (χ0n) is 13.5. The number of halogens is 4. The number of fused-ring (bicyclic) bond motifs is 1. The molecule has 0 saturated carbocycles. The maximum absolute atomic E-state index is 12.9. The normalized spacial score (nSPS) is 19.5. The first kappa shape index (κ1) is 18.3. The molecule has 1 heterocycles. The minimum atomic E-state index is -4.65. The van der Waals surface area contributed by atoms with Crippen LogP contribution in [0.1, 0.15) is 28.4 Å². The number of esters is 1. The molecule has 0 bridgehead atoms. The van der Waals surface area contributed by atoms with E-state index in [2.05, 4.69) is 5.32 Å². The van der Waals surface area contributed by atoms with E-state index in [1.165, 1.54) is 13.0 Å². The van der Waals surface area contributed by atoms with Gasteiger partial charge >= 0.3 is 12.1 Å². The maximum Gasteiger partial charge on any atom is 0.417 e. The molecule has 2 aromatic rings. The number of hydrogen-bond acceptors (Lipinski definition) is 3. The average Bonchev–Trinajstić information content (AvgIpc) is 2.55. The van der Waals surface area contributed by atoms with Crippen molar-refractivity contribution in [2.45, 2.75) is 25.1 Å². The van der Waals surface area contributed by atoms with Crippen LogP contribution in [0.2, 0.25) is 5.02 Å². The van der Waals surface area contributed by atoms with Crippen LogP contribution >= 0.6 is 11.6 Å². The number of alkyl halides is 3. The Labute approximate surface area is 151 Å². The number of nitrogens with one attached hydrogen (secondary N) is 1. The van der Waals surface area contributed by atoms with Crippen LogP contribution in [0.15, 0.2) is 42.5 Å². The minimum Gasteiger partial charge on any atom is -0.445 e. The summed E-state index contributed by atoms with van der Waals surface area (Å²) in [5, 5.41) is 1.90. The average molecular weight is 384 g/mol. The molecule has 0 aromatic heterocycles. The SMILES string of the molecule is C[C@@]1(C(=O)Nc2ccc(Cl)c(C(F)(F)F)c2)Cc2ccccc2C(=O)O1. The van der Waals surface area contributed by atoms with E-state index in [9.17, 15) is 22.8 Å². The lowest BCUT2D eigenvalue weighted by Crippen LogP contribution is -2.48. The monoisotopic (exact) mass is 383 g/mol. The van der Waals surface area contributed by atoms with Gasteiger partial charge < -0.3 is 10.1 Å². The molecule has 4 nitrogen and oxygen atoms in total. The number of ether oxygens (including phenoxy) is 1. The van der Waals surface area contributed by atoms with Crippen molar-refractivity contribution >= 4 is 29.2 Å². The highest BCUT2D eigenvalue weighted by molar-refractivity contribution is 6.31. The summed E-state index contributed by atoms with van der Waals surface area (Å²) in [6, 6.07) is 9.72. The van der Waals surface area contributed by atoms with Crippen molar-refractivity contribution in [2.24, 2.45) is 0 Å². The summed E-state index contributed by atoms with van der Waals surface area (Å²) in [6.07, 6.45) is -4.54. The largest absolute Gasteiger partial charge is 0.445 e. The first-order valence-corrected chi connectivity index (χ1v) is 7.97. The van der Waals surface area contributed by atoms with Gasteiger partial charge in [0, 0.05) is 12.1 Å². The number of carbonyl (C=O) groups is 2. The Morgan fingerprint density at radius 3 is 2.62 bits per heavy atom. The molecule has 3 rings (SSSR count). The fraction of sp³-hybridized carbons (Fsp3) is 0.222.